The van der Waals surface area contributed by atoms with E-state index in [4.69, 9.17) is 4.74 Å². The van der Waals surface area contributed by atoms with Crippen molar-refractivity contribution < 1.29 is 9.53 Å². The molecular formula is C13H23NO2. The van der Waals surface area contributed by atoms with Gasteiger partial charge in [-0.1, -0.05) is 13.8 Å². The second-order valence-corrected chi connectivity index (χ2v) is 6.32. The summed E-state index contributed by atoms with van der Waals surface area (Å²) in [6, 6.07) is 0.824. The maximum absolute atomic E-state index is 12.1. The number of ether oxygens (including phenoxy) is 1. The summed E-state index contributed by atoms with van der Waals surface area (Å²) >= 11 is 0. The lowest BCUT2D eigenvalue weighted by Crippen LogP contribution is -2.40. The predicted molar refractivity (Wildman–Crippen MR) is 63.2 cm³/mol. The van der Waals surface area contributed by atoms with Crippen LogP contribution in [0.1, 0.15) is 47.5 Å². The van der Waals surface area contributed by atoms with Crippen molar-refractivity contribution >= 4 is 6.09 Å². The van der Waals surface area contributed by atoms with Crippen LogP contribution in [0.25, 0.3) is 0 Å². The summed E-state index contributed by atoms with van der Waals surface area (Å²) in [6.45, 7) is 10.3. The molecule has 2 aliphatic rings. The largest absolute Gasteiger partial charge is 0.444 e. The summed E-state index contributed by atoms with van der Waals surface area (Å²) in [4.78, 5) is 14.1. The SMILES string of the molecule is CC1C(C)[C@@H]2CC[C@H]1N2C(=O)OC(C)(C)C. The summed E-state index contributed by atoms with van der Waals surface area (Å²) in [7, 11) is 0. The Morgan fingerprint density at radius 1 is 1.12 bits per heavy atom. The molecule has 2 fully saturated rings. The fraction of sp³-hybridized carbons (Fsp3) is 0.923. The lowest BCUT2D eigenvalue weighted by molar-refractivity contribution is 0.0201. The third kappa shape index (κ3) is 1.80. The molecule has 0 spiro atoms. The summed E-state index contributed by atoms with van der Waals surface area (Å²) in [5.41, 5.74) is -0.383. The van der Waals surface area contributed by atoms with Gasteiger partial charge in [0.1, 0.15) is 5.60 Å². The Balaban J connectivity index is 2.09. The molecule has 2 unspecified atom stereocenters. The van der Waals surface area contributed by atoms with E-state index < -0.39 is 0 Å². The zero-order chi connectivity index (χ0) is 12.1. The average Bonchev–Trinajstić information content (AvgIpc) is 2.63. The summed E-state index contributed by atoms with van der Waals surface area (Å²) in [5.74, 6) is 1.23. The van der Waals surface area contributed by atoms with Gasteiger partial charge in [0.15, 0.2) is 0 Å². The van der Waals surface area contributed by atoms with Gasteiger partial charge in [0.2, 0.25) is 0 Å². The van der Waals surface area contributed by atoms with E-state index in [1.165, 1.54) is 0 Å². The van der Waals surface area contributed by atoms with E-state index in [1.807, 2.05) is 25.7 Å². The highest BCUT2D eigenvalue weighted by atomic mass is 16.6. The Kier molecular flexibility index (Phi) is 2.67. The molecular weight excluding hydrogens is 202 g/mol. The van der Waals surface area contributed by atoms with E-state index in [2.05, 4.69) is 13.8 Å². The Labute approximate surface area is 98.1 Å². The first-order chi connectivity index (χ1) is 7.31. The molecule has 16 heavy (non-hydrogen) atoms. The second-order valence-electron chi connectivity index (χ2n) is 6.32. The molecule has 2 rings (SSSR count). The third-order valence-electron chi connectivity index (χ3n) is 4.12. The molecule has 92 valence electrons. The summed E-state index contributed by atoms with van der Waals surface area (Å²) in [6.07, 6.45) is 2.18. The van der Waals surface area contributed by atoms with E-state index in [9.17, 15) is 4.79 Å². The molecule has 3 nitrogen and oxygen atoms in total. The van der Waals surface area contributed by atoms with Crippen molar-refractivity contribution in [2.75, 3.05) is 0 Å². The minimum Gasteiger partial charge on any atom is -0.444 e. The molecule has 4 atom stereocenters. The molecule has 0 aromatic heterocycles. The van der Waals surface area contributed by atoms with E-state index >= 15 is 0 Å². The van der Waals surface area contributed by atoms with Crippen LogP contribution in [0.2, 0.25) is 0 Å². The number of carbonyl (C=O) groups is 1. The van der Waals surface area contributed by atoms with Gasteiger partial charge < -0.3 is 9.64 Å². The summed E-state index contributed by atoms with van der Waals surface area (Å²) in [5, 5.41) is 0. The maximum atomic E-state index is 12.1. The topological polar surface area (TPSA) is 29.5 Å². The Morgan fingerprint density at radius 2 is 1.56 bits per heavy atom. The number of fused-ring (bicyclic) bond motifs is 2. The van der Waals surface area contributed by atoms with Crippen molar-refractivity contribution in [3.05, 3.63) is 0 Å². The van der Waals surface area contributed by atoms with Gasteiger partial charge in [0.05, 0.1) is 0 Å². The average molecular weight is 225 g/mol. The van der Waals surface area contributed by atoms with Crippen LogP contribution in [0.4, 0.5) is 4.79 Å². The quantitative estimate of drug-likeness (QED) is 0.634. The van der Waals surface area contributed by atoms with Gasteiger partial charge in [-0.2, -0.15) is 0 Å². The van der Waals surface area contributed by atoms with Crippen molar-refractivity contribution in [3.63, 3.8) is 0 Å². The molecule has 0 N–H and O–H groups in total. The molecule has 0 aromatic carbocycles. The van der Waals surface area contributed by atoms with Gasteiger partial charge in [-0.05, 0) is 45.4 Å². The van der Waals surface area contributed by atoms with Crippen LogP contribution in [-0.2, 0) is 4.74 Å². The predicted octanol–water partition coefficient (Wildman–Crippen LogP) is 3.04. The molecule has 2 heterocycles. The first kappa shape index (κ1) is 11.7. The van der Waals surface area contributed by atoms with Crippen LogP contribution in [0.5, 0.6) is 0 Å². The van der Waals surface area contributed by atoms with Crippen LogP contribution in [0, 0.1) is 11.8 Å². The lowest BCUT2D eigenvalue weighted by Gasteiger charge is -2.28. The van der Waals surface area contributed by atoms with Gasteiger partial charge in [-0.15, -0.1) is 0 Å². The molecule has 2 saturated heterocycles. The van der Waals surface area contributed by atoms with Crippen LogP contribution in [-0.4, -0.2) is 28.7 Å². The number of amides is 1. The first-order valence-electron chi connectivity index (χ1n) is 6.32. The molecule has 2 bridgehead atoms. The Morgan fingerprint density at radius 3 is 1.94 bits per heavy atom. The molecule has 0 saturated carbocycles. The van der Waals surface area contributed by atoms with Gasteiger partial charge in [-0.3, -0.25) is 0 Å². The van der Waals surface area contributed by atoms with Gasteiger partial charge in [-0.25, -0.2) is 4.79 Å². The third-order valence-corrected chi connectivity index (χ3v) is 4.12. The summed E-state index contributed by atoms with van der Waals surface area (Å²) < 4.78 is 5.49. The smallest absolute Gasteiger partial charge is 0.410 e. The monoisotopic (exact) mass is 225 g/mol. The van der Waals surface area contributed by atoms with E-state index in [1.54, 1.807) is 0 Å². The van der Waals surface area contributed by atoms with E-state index in [-0.39, 0.29) is 11.7 Å². The standard InChI is InChI=1S/C13H23NO2/c1-8-9(2)11-7-6-10(8)14(11)12(15)16-13(3,4)5/h8-11H,6-7H2,1-5H3/t8?,9?,10-,11+. The molecule has 0 aliphatic carbocycles. The van der Waals surface area contributed by atoms with Crippen LogP contribution >= 0.6 is 0 Å². The molecule has 3 heteroatoms. The van der Waals surface area contributed by atoms with Crippen LogP contribution in [0.15, 0.2) is 0 Å². The molecule has 1 amide bonds. The normalized spacial score (nSPS) is 37.9. The molecule has 0 radical (unpaired) electrons. The van der Waals surface area contributed by atoms with Crippen molar-refractivity contribution in [1.29, 1.82) is 0 Å². The lowest BCUT2D eigenvalue weighted by atomic mass is 9.82. The first-order valence-corrected chi connectivity index (χ1v) is 6.32. The second kappa shape index (κ2) is 3.64. The van der Waals surface area contributed by atoms with E-state index in [0.29, 0.717) is 23.9 Å². The van der Waals surface area contributed by atoms with Gasteiger partial charge >= 0.3 is 6.09 Å². The Hall–Kier alpha value is -0.730. The zero-order valence-corrected chi connectivity index (χ0v) is 11.0. The number of rotatable bonds is 0. The van der Waals surface area contributed by atoms with Crippen molar-refractivity contribution in [3.8, 4) is 0 Å². The molecule has 0 aromatic rings. The number of hydrogen-bond donors (Lipinski definition) is 0. The zero-order valence-electron chi connectivity index (χ0n) is 11.0. The van der Waals surface area contributed by atoms with E-state index in [0.717, 1.165) is 12.8 Å². The van der Waals surface area contributed by atoms with Crippen LogP contribution in [0.3, 0.4) is 0 Å². The Bertz CT molecular complexity index is 279. The van der Waals surface area contributed by atoms with Crippen LogP contribution < -0.4 is 0 Å². The highest BCUT2D eigenvalue weighted by Gasteiger charge is 2.52. The fourth-order valence-electron chi connectivity index (χ4n) is 3.18. The van der Waals surface area contributed by atoms with Gasteiger partial charge in [0, 0.05) is 12.1 Å². The highest BCUT2D eigenvalue weighted by molar-refractivity contribution is 5.70. The van der Waals surface area contributed by atoms with Crippen molar-refractivity contribution in [2.45, 2.75) is 65.1 Å². The molecule has 2 aliphatic heterocycles. The number of carbonyl (C=O) groups excluding carboxylic acids is 1. The number of hydrogen-bond acceptors (Lipinski definition) is 2. The fourth-order valence-corrected chi connectivity index (χ4v) is 3.18. The van der Waals surface area contributed by atoms with Gasteiger partial charge in [0.25, 0.3) is 0 Å². The minimum atomic E-state index is -0.383. The van der Waals surface area contributed by atoms with Crippen molar-refractivity contribution in [2.24, 2.45) is 11.8 Å². The van der Waals surface area contributed by atoms with Crippen molar-refractivity contribution in [1.82, 2.24) is 4.90 Å². The number of nitrogens with zero attached hydrogens (tertiary/aromatic N) is 1. The highest BCUT2D eigenvalue weighted by Crippen LogP contribution is 2.45. The minimum absolute atomic E-state index is 0.115. The maximum Gasteiger partial charge on any atom is 0.410 e.